The van der Waals surface area contributed by atoms with Crippen LogP contribution >= 0.6 is 0 Å². The Morgan fingerprint density at radius 2 is 1.65 bits per heavy atom. The van der Waals surface area contributed by atoms with E-state index in [1.807, 2.05) is 4.90 Å². The van der Waals surface area contributed by atoms with Crippen LogP contribution in [0.25, 0.3) is 0 Å². The summed E-state index contributed by atoms with van der Waals surface area (Å²) in [7, 11) is 0. The van der Waals surface area contributed by atoms with Crippen molar-refractivity contribution in [3.8, 4) is 0 Å². The molecule has 1 saturated carbocycles. The maximum Gasteiger partial charge on any atom is 0.317 e. The van der Waals surface area contributed by atoms with E-state index in [0.29, 0.717) is 44.5 Å². The zero-order chi connectivity index (χ0) is 28.0. The summed E-state index contributed by atoms with van der Waals surface area (Å²) in [5, 5.41) is 13.6. The van der Waals surface area contributed by atoms with Gasteiger partial charge in [-0.25, -0.2) is 4.79 Å². The lowest BCUT2D eigenvalue weighted by Crippen LogP contribution is -2.52. The van der Waals surface area contributed by atoms with E-state index in [2.05, 4.69) is 62.3 Å². The quantitative estimate of drug-likeness (QED) is 0.225. The van der Waals surface area contributed by atoms with Crippen LogP contribution in [0.15, 0.2) is 30.3 Å². The van der Waals surface area contributed by atoms with Gasteiger partial charge in [0.2, 0.25) is 5.95 Å². The van der Waals surface area contributed by atoms with Gasteiger partial charge in [-0.05, 0) is 49.9 Å². The van der Waals surface area contributed by atoms with Gasteiger partial charge in [0.25, 0.3) is 0 Å². The van der Waals surface area contributed by atoms with Crippen molar-refractivity contribution in [1.29, 1.82) is 0 Å². The maximum absolute atomic E-state index is 12.3. The van der Waals surface area contributed by atoms with Crippen molar-refractivity contribution in [2.24, 2.45) is 0 Å². The van der Waals surface area contributed by atoms with Crippen LogP contribution in [0.2, 0.25) is 0 Å². The lowest BCUT2D eigenvalue weighted by atomic mass is 9.95. The summed E-state index contributed by atoms with van der Waals surface area (Å²) in [4.78, 5) is 25.4. The van der Waals surface area contributed by atoms with Gasteiger partial charge < -0.3 is 36.8 Å². The Balaban J connectivity index is 1.16. The minimum atomic E-state index is 0.0154. The third-order valence-corrected chi connectivity index (χ3v) is 7.80. The molecule has 0 radical (unpaired) electrons. The smallest absolute Gasteiger partial charge is 0.317 e. The number of hydrogen-bond donors (Lipinski definition) is 5. The minimum Gasteiger partial charge on any atom is -0.383 e. The number of rotatable bonds is 14. The highest BCUT2D eigenvalue weighted by atomic mass is 16.2. The maximum atomic E-state index is 12.3. The zero-order valence-electron chi connectivity index (χ0n) is 24.3. The molecule has 6 N–H and O–H groups in total. The molecule has 2 fully saturated rings. The highest BCUT2D eigenvalue weighted by molar-refractivity contribution is 5.74. The van der Waals surface area contributed by atoms with Crippen LogP contribution in [0.5, 0.6) is 0 Å². The molecule has 0 spiro atoms. The van der Waals surface area contributed by atoms with Crippen molar-refractivity contribution >= 4 is 23.6 Å². The summed E-state index contributed by atoms with van der Waals surface area (Å²) in [5.41, 5.74) is 8.55. The molecular weight excluding hydrogens is 502 g/mol. The highest BCUT2D eigenvalue weighted by Crippen LogP contribution is 2.19. The second-order valence-corrected chi connectivity index (χ2v) is 11.0. The summed E-state index contributed by atoms with van der Waals surface area (Å²) in [5.74, 6) is 1.74. The van der Waals surface area contributed by atoms with Gasteiger partial charge in [-0.15, -0.1) is 0 Å². The van der Waals surface area contributed by atoms with E-state index in [-0.39, 0.29) is 6.03 Å². The summed E-state index contributed by atoms with van der Waals surface area (Å²) in [6, 6.07) is 11.2. The van der Waals surface area contributed by atoms with Crippen LogP contribution in [-0.4, -0.2) is 72.8 Å². The van der Waals surface area contributed by atoms with Crippen LogP contribution in [-0.2, 0) is 13.1 Å². The van der Waals surface area contributed by atoms with E-state index in [0.717, 1.165) is 62.9 Å². The predicted molar refractivity (Wildman–Crippen MR) is 164 cm³/mol. The van der Waals surface area contributed by atoms with Crippen LogP contribution in [0.3, 0.4) is 0 Å². The number of anilines is 3. The molecule has 2 aromatic rings. The number of carbonyl (C=O) groups excluding carboxylic acids is 1. The van der Waals surface area contributed by atoms with E-state index in [1.54, 1.807) is 6.07 Å². The molecule has 10 nitrogen and oxygen atoms in total. The van der Waals surface area contributed by atoms with Crippen molar-refractivity contribution < 1.29 is 4.79 Å². The Hall–Kier alpha value is -3.11. The number of urea groups is 1. The zero-order valence-corrected chi connectivity index (χ0v) is 24.3. The van der Waals surface area contributed by atoms with Crippen molar-refractivity contribution in [2.75, 3.05) is 61.8 Å². The molecule has 4 rings (SSSR count). The van der Waals surface area contributed by atoms with Gasteiger partial charge in [0.1, 0.15) is 11.6 Å². The fraction of sp³-hybridized carbons (Fsp3) is 0.633. The number of nitrogens with zero attached hydrogens (tertiary/aromatic N) is 4. The Morgan fingerprint density at radius 3 is 2.38 bits per heavy atom. The van der Waals surface area contributed by atoms with Gasteiger partial charge in [0.15, 0.2) is 0 Å². The Kier molecular flexibility index (Phi) is 12.1. The average Bonchev–Trinajstić information content (AvgIpc) is 2.99. The average molecular weight is 552 g/mol. The number of amides is 2. The lowest BCUT2D eigenvalue weighted by Gasteiger charge is -2.35. The molecule has 0 unspecified atom stereocenters. The van der Waals surface area contributed by atoms with Gasteiger partial charge in [0.05, 0.1) is 0 Å². The van der Waals surface area contributed by atoms with Crippen molar-refractivity contribution in [3.63, 3.8) is 0 Å². The summed E-state index contributed by atoms with van der Waals surface area (Å²) in [6.07, 6.45) is 10.1. The lowest BCUT2D eigenvalue weighted by molar-refractivity contribution is 0.194. The van der Waals surface area contributed by atoms with E-state index in [9.17, 15) is 4.79 Å². The van der Waals surface area contributed by atoms with Gasteiger partial charge in [-0.2, -0.15) is 9.97 Å². The van der Waals surface area contributed by atoms with E-state index < -0.39 is 0 Å². The fourth-order valence-corrected chi connectivity index (χ4v) is 5.33. The molecule has 220 valence electrons. The molecule has 0 bridgehead atoms. The number of unbranched alkanes of at least 4 members (excludes halogenated alkanes) is 1. The molecule has 10 heteroatoms. The molecule has 1 aliphatic carbocycles. The molecule has 1 saturated heterocycles. The minimum absolute atomic E-state index is 0.0154. The Morgan fingerprint density at radius 1 is 0.925 bits per heavy atom. The number of hydrogen-bond acceptors (Lipinski definition) is 8. The monoisotopic (exact) mass is 551 g/mol. The molecule has 40 heavy (non-hydrogen) atoms. The predicted octanol–water partition coefficient (Wildman–Crippen LogP) is 3.70. The first-order valence-electron chi connectivity index (χ1n) is 15.3. The Labute approximate surface area is 239 Å². The third-order valence-electron chi connectivity index (χ3n) is 7.80. The standard InChI is InChI=1S/C30H49N9O/c1-2-3-15-34-30(40)39-19-17-38(18-20-39)28-21-27(31)36-29(37-28)35-23-25-12-10-24(11-13-25)22-32-14-7-16-33-26-8-5-4-6-9-26/h10-13,21,26,32-33H,2-9,14-20,22-23H2,1H3,(H,34,40)(H3,31,35,36,37). The molecule has 2 heterocycles. The first-order chi connectivity index (χ1) is 19.6. The molecule has 2 amide bonds. The largest absolute Gasteiger partial charge is 0.383 e. The second kappa shape index (κ2) is 16.2. The van der Waals surface area contributed by atoms with Gasteiger partial charge in [-0.1, -0.05) is 56.9 Å². The first-order valence-corrected chi connectivity index (χ1v) is 15.3. The number of benzene rings is 1. The van der Waals surface area contributed by atoms with Crippen molar-refractivity contribution in [3.05, 3.63) is 41.5 Å². The number of carbonyl (C=O) groups is 1. The van der Waals surface area contributed by atoms with E-state index >= 15 is 0 Å². The van der Waals surface area contributed by atoms with Gasteiger partial charge in [0, 0.05) is 57.9 Å². The van der Waals surface area contributed by atoms with Crippen LogP contribution in [0.4, 0.5) is 22.4 Å². The van der Waals surface area contributed by atoms with Crippen molar-refractivity contribution in [2.45, 2.75) is 77.4 Å². The van der Waals surface area contributed by atoms with Gasteiger partial charge in [-0.3, -0.25) is 0 Å². The summed E-state index contributed by atoms with van der Waals surface area (Å²) in [6.45, 7) is 9.21. The van der Waals surface area contributed by atoms with Crippen LogP contribution in [0, 0.1) is 0 Å². The molecule has 1 aromatic carbocycles. The number of nitrogen functional groups attached to an aromatic ring is 1. The molecule has 0 atom stereocenters. The number of aromatic nitrogens is 2. The second-order valence-electron chi connectivity index (χ2n) is 11.0. The summed E-state index contributed by atoms with van der Waals surface area (Å²) >= 11 is 0. The molecule has 1 aromatic heterocycles. The third kappa shape index (κ3) is 9.82. The molecule has 2 aliphatic rings. The highest BCUT2D eigenvalue weighted by Gasteiger charge is 2.22. The topological polar surface area (TPSA) is 123 Å². The first kappa shape index (κ1) is 29.9. The van der Waals surface area contributed by atoms with Gasteiger partial charge >= 0.3 is 6.03 Å². The number of piperazine rings is 1. The molecule has 1 aliphatic heterocycles. The SMILES string of the molecule is CCCCNC(=O)N1CCN(c2cc(N)nc(NCc3ccc(CNCCCNC4CCCCC4)cc3)n2)CC1. The van der Waals surface area contributed by atoms with E-state index in [4.69, 9.17) is 10.7 Å². The van der Waals surface area contributed by atoms with Crippen LogP contribution < -0.4 is 31.9 Å². The normalized spacial score (nSPS) is 16.2. The number of nitrogens with one attached hydrogen (secondary N) is 4. The summed E-state index contributed by atoms with van der Waals surface area (Å²) < 4.78 is 0. The molecular formula is C30H49N9O. The fourth-order valence-electron chi connectivity index (χ4n) is 5.33. The van der Waals surface area contributed by atoms with Crippen LogP contribution in [0.1, 0.15) is 69.4 Å². The van der Waals surface area contributed by atoms with E-state index in [1.165, 1.54) is 37.7 Å². The number of nitrogens with two attached hydrogens (primary N) is 1. The Bertz CT molecular complexity index is 1020. The van der Waals surface area contributed by atoms with Crippen molar-refractivity contribution in [1.82, 2.24) is 30.8 Å².